The Bertz CT molecular complexity index is 557. The molecule has 8 heteroatoms. The van der Waals surface area contributed by atoms with Gasteiger partial charge in [0.25, 0.3) is 0 Å². The fourth-order valence-electron chi connectivity index (χ4n) is 2.11. The average molecular weight is 276 g/mol. The van der Waals surface area contributed by atoms with E-state index in [0.29, 0.717) is 42.4 Å². The van der Waals surface area contributed by atoms with Crippen molar-refractivity contribution in [2.24, 2.45) is 5.10 Å². The number of carbonyl (C=O) groups excluding carboxylic acids is 2. The van der Waals surface area contributed by atoms with E-state index in [1.165, 1.54) is 11.1 Å². The van der Waals surface area contributed by atoms with Crippen LogP contribution in [-0.2, 0) is 9.59 Å². The third kappa shape index (κ3) is 2.40. The number of pyridine rings is 1. The standard InChI is InChI=1S/C12H16N6O2/c1-16(2)15-10-6-17(3)11-9(18(10)8-20)4-5-13-12(11)14-7-19/h4-5,7-8H,6H2,1-3H3,(H,13,14,19)/b15-10-. The summed E-state index contributed by atoms with van der Waals surface area (Å²) in [4.78, 5) is 29.5. The Morgan fingerprint density at radius 2 is 2.20 bits per heavy atom. The molecule has 20 heavy (non-hydrogen) atoms. The molecule has 0 fully saturated rings. The van der Waals surface area contributed by atoms with Crippen molar-refractivity contribution in [3.63, 3.8) is 0 Å². The second kappa shape index (κ2) is 5.55. The quantitative estimate of drug-likeness (QED) is 0.615. The first kappa shape index (κ1) is 13.8. The molecule has 2 rings (SSSR count). The van der Waals surface area contributed by atoms with Gasteiger partial charge in [-0.3, -0.25) is 14.5 Å². The molecule has 0 aromatic carbocycles. The van der Waals surface area contributed by atoms with Crippen LogP contribution < -0.4 is 15.1 Å². The van der Waals surface area contributed by atoms with Crippen molar-refractivity contribution in [1.29, 1.82) is 0 Å². The molecule has 0 unspecified atom stereocenters. The van der Waals surface area contributed by atoms with Crippen molar-refractivity contribution in [2.45, 2.75) is 0 Å². The predicted molar refractivity (Wildman–Crippen MR) is 76.9 cm³/mol. The van der Waals surface area contributed by atoms with Crippen molar-refractivity contribution in [1.82, 2.24) is 9.99 Å². The first-order valence-corrected chi connectivity index (χ1v) is 5.98. The summed E-state index contributed by atoms with van der Waals surface area (Å²) in [7, 11) is 5.43. The molecule has 0 radical (unpaired) electrons. The van der Waals surface area contributed by atoms with Crippen molar-refractivity contribution in [3.8, 4) is 0 Å². The third-order valence-electron chi connectivity index (χ3n) is 2.82. The van der Waals surface area contributed by atoms with Crippen molar-refractivity contribution < 1.29 is 9.59 Å². The fraction of sp³-hybridized carbons (Fsp3) is 0.333. The van der Waals surface area contributed by atoms with E-state index >= 15 is 0 Å². The van der Waals surface area contributed by atoms with Crippen LogP contribution in [0.25, 0.3) is 0 Å². The van der Waals surface area contributed by atoms with Crippen LogP contribution in [0.15, 0.2) is 17.4 Å². The lowest BCUT2D eigenvalue weighted by molar-refractivity contribution is -0.107. The molecule has 0 spiro atoms. The first-order valence-electron chi connectivity index (χ1n) is 5.98. The van der Waals surface area contributed by atoms with Gasteiger partial charge in [0.05, 0.1) is 12.2 Å². The summed E-state index contributed by atoms with van der Waals surface area (Å²) in [6, 6.07) is 1.71. The number of hydrazone groups is 1. The molecule has 0 saturated carbocycles. The van der Waals surface area contributed by atoms with Gasteiger partial charge < -0.3 is 15.2 Å². The summed E-state index contributed by atoms with van der Waals surface area (Å²) in [6.07, 6.45) is 2.80. The number of hydrogen-bond donors (Lipinski definition) is 1. The zero-order valence-corrected chi connectivity index (χ0v) is 11.6. The van der Waals surface area contributed by atoms with Crippen molar-refractivity contribution in [2.75, 3.05) is 42.8 Å². The lowest BCUT2D eigenvalue weighted by Gasteiger charge is -2.35. The number of nitrogens with one attached hydrogen (secondary N) is 1. The SMILES string of the molecule is CN(C)/N=C1/CN(C)c2c(ccnc2NC=O)N1C=O. The highest BCUT2D eigenvalue weighted by Gasteiger charge is 2.28. The molecule has 1 aromatic heterocycles. The second-order valence-electron chi connectivity index (χ2n) is 4.48. The van der Waals surface area contributed by atoms with E-state index in [0.717, 1.165) is 0 Å². The number of anilines is 3. The van der Waals surface area contributed by atoms with Crippen LogP contribution in [0.5, 0.6) is 0 Å². The molecule has 1 N–H and O–H groups in total. The molecule has 106 valence electrons. The minimum Gasteiger partial charge on any atom is -0.362 e. The summed E-state index contributed by atoms with van der Waals surface area (Å²) < 4.78 is 0. The van der Waals surface area contributed by atoms with Crippen LogP contribution in [0.3, 0.4) is 0 Å². The van der Waals surface area contributed by atoms with Crippen molar-refractivity contribution >= 4 is 35.8 Å². The number of rotatable bonds is 4. The van der Waals surface area contributed by atoms with Crippen LogP contribution in [0, 0.1) is 0 Å². The van der Waals surface area contributed by atoms with Gasteiger partial charge in [-0.1, -0.05) is 0 Å². The summed E-state index contributed by atoms with van der Waals surface area (Å²) >= 11 is 0. The molecular weight excluding hydrogens is 260 g/mol. The van der Waals surface area contributed by atoms with Gasteiger partial charge in [-0.15, -0.1) is 0 Å². The highest BCUT2D eigenvalue weighted by Crippen LogP contribution is 2.37. The van der Waals surface area contributed by atoms with Gasteiger partial charge in [-0.25, -0.2) is 4.98 Å². The number of fused-ring (bicyclic) bond motifs is 1. The lowest BCUT2D eigenvalue weighted by Crippen LogP contribution is -2.45. The van der Waals surface area contributed by atoms with Gasteiger partial charge in [-0.05, 0) is 6.07 Å². The highest BCUT2D eigenvalue weighted by atomic mass is 16.1. The van der Waals surface area contributed by atoms with E-state index in [-0.39, 0.29) is 0 Å². The van der Waals surface area contributed by atoms with E-state index in [4.69, 9.17) is 0 Å². The molecule has 0 aliphatic carbocycles. The maximum Gasteiger partial charge on any atom is 0.219 e. The van der Waals surface area contributed by atoms with Gasteiger partial charge in [0.15, 0.2) is 11.7 Å². The first-order chi connectivity index (χ1) is 9.58. The Hall–Kier alpha value is -2.64. The van der Waals surface area contributed by atoms with Crippen LogP contribution in [0.2, 0.25) is 0 Å². The van der Waals surface area contributed by atoms with Crippen LogP contribution in [0.1, 0.15) is 0 Å². The van der Waals surface area contributed by atoms with Gasteiger partial charge >= 0.3 is 0 Å². The van der Waals surface area contributed by atoms with E-state index in [1.807, 2.05) is 11.9 Å². The van der Waals surface area contributed by atoms with Crippen LogP contribution in [0.4, 0.5) is 17.2 Å². The van der Waals surface area contributed by atoms with Gasteiger partial charge in [0.1, 0.15) is 5.69 Å². The molecule has 1 aliphatic heterocycles. The third-order valence-corrected chi connectivity index (χ3v) is 2.82. The van der Waals surface area contributed by atoms with Crippen molar-refractivity contribution in [3.05, 3.63) is 12.3 Å². The Morgan fingerprint density at radius 3 is 2.80 bits per heavy atom. The summed E-state index contributed by atoms with van der Waals surface area (Å²) in [5, 5.41) is 8.48. The molecule has 0 bridgehead atoms. The normalized spacial score (nSPS) is 15.8. The van der Waals surface area contributed by atoms with E-state index in [2.05, 4.69) is 15.4 Å². The van der Waals surface area contributed by atoms with Gasteiger partial charge in [0.2, 0.25) is 12.8 Å². The summed E-state index contributed by atoms with van der Waals surface area (Å²) in [6.45, 7) is 0.434. The molecule has 2 amide bonds. The fourth-order valence-corrected chi connectivity index (χ4v) is 2.11. The largest absolute Gasteiger partial charge is 0.362 e. The van der Waals surface area contributed by atoms with Crippen LogP contribution >= 0.6 is 0 Å². The number of hydrogen-bond acceptors (Lipinski definition) is 6. The number of likely N-dealkylation sites (N-methyl/N-ethyl adjacent to an activating group) is 1. The highest BCUT2D eigenvalue weighted by molar-refractivity contribution is 6.17. The Labute approximate surface area is 116 Å². The number of nitrogens with zero attached hydrogens (tertiary/aromatic N) is 5. The Balaban J connectivity index is 2.55. The monoisotopic (exact) mass is 276 g/mol. The Morgan fingerprint density at radius 1 is 1.45 bits per heavy atom. The molecule has 0 atom stereocenters. The minimum absolute atomic E-state index is 0.413. The zero-order valence-electron chi connectivity index (χ0n) is 11.6. The number of amidine groups is 1. The molecule has 2 heterocycles. The van der Waals surface area contributed by atoms with E-state index in [9.17, 15) is 9.59 Å². The summed E-state index contributed by atoms with van der Waals surface area (Å²) in [5.41, 5.74) is 1.32. The van der Waals surface area contributed by atoms with Gasteiger partial charge in [0, 0.05) is 27.3 Å². The number of carbonyl (C=O) groups is 2. The molecule has 1 aliphatic rings. The van der Waals surface area contributed by atoms with Crippen LogP contribution in [-0.4, -0.2) is 56.3 Å². The van der Waals surface area contributed by atoms with E-state index in [1.54, 1.807) is 25.2 Å². The maximum atomic E-state index is 11.4. The number of amides is 2. The number of aromatic nitrogens is 1. The van der Waals surface area contributed by atoms with E-state index < -0.39 is 0 Å². The minimum atomic E-state index is 0.413. The lowest BCUT2D eigenvalue weighted by atomic mass is 10.2. The molecule has 8 nitrogen and oxygen atoms in total. The smallest absolute Gasteiger partial charge is 0.219 e. The molecule has 1 aromatic rings. The maximum absolute atomic E-state index is 11.4. The Kier molecular flexibility index (Phi) is 3.83. The topological polar surface area (TPSA) is 81.1 Å². The average Bonchev–Trinajstić information content (AvgIpc) is 2.38. The predicted octanol–water partition coefficient (Wildman–Crippen LogP) is -0.0624. The zero-order chi connectivity index (χ0) is 14.7. The summed E-state index contributed by atoms with van der Waals surface area (Å²) in [5.74, 6) is 1.01. The molecule has 0 saturated heterocycles. The second-order valence-corrected chi connectivity index (χ2v) is 4.48. The van der Waals surface area contributed by atoms with Gasteiger partial charge in [-0.2, -0.15) is 5.10 Å². The molecular formula is C12H16N6O2.